The molecule has 33 heavy (non-hydrogen) atoms. The van der Waals surface area contributed by atoms with Crippen molar-refractivity contribution >= 4 is 33.0 Å². The maximum absolute atomic E-state index is 13.3. The van der Waals surface area contributed by atoms with Crippen molar-refractivity contribution in [3.8, 4) is 0 Å². The third kappa shape index (κ3) is 4.97. The van der Waals surface area contributed by atoms with Gasteiger partial charge in [0.05, 0.1) is 28.6 Å². The van der Waals surface area contributed by atoms with E-state index >= 15 is 0 Å². The zero-order chi connectivity index (χ0) is 23.4. The van der Waals surface area contributed by atoms with E-state index in [0.717, 1.165) is 25.5 Å². The Labute approximate surface area is 191 Å². The second kappa shape index (κ2) is 9.81. The maximum atomic E-state index is 13.3. The second-order valence-electron chi connectivity index (χ2n) is 7.85. The first-order valence-corrected chi connectivity index (χ1v) is 12.2. The lowest BCUT2D eigenvalue weighted by molar-refractivity contribution is -0.384. The summed E-state index contributed by atoms with van der Waals surface area (Å²) in [5.74, 6) is -0.638. The van der Waals surface area contributed by atoms with Crippen LogP contribution in [0.4, 0.5) is 17.1 Å². The van der Waals surface area contributed by atoms with Crippen LogP contribution in [0.25, 0.3) is 0 Å². The number of anilines is 2. The first-order chi connectivity index (χ1) is 15.9. The number of morpholine rings is 1. The minimum absolute atomic E-state index is 0.0165. The standard InChI is InChI=1S/C21H25N5O6S/c27-21(23-18-6-7-22-15-20(18)26(28)29)17-14-16(33(30,31)25-8-2-1-3-9-25)4-5-19(17)24-10-12-32-13-11-24/h4-7,14-15H,1-3,8-13H2,(H,22,23,27). The minimum Gasteiger partial charge on any atom is -0.378 e. The molecule has 1 N–H and O–H groups in total. The van der Waals surface area contributed by atoms with Crippen LogP contribution >= 0.6 is 0 Å². The second-order valence-corrected chi connectivity index (χ2v) is 9.79. The molecular weight excluding hydrogens is 450 g/mol. The number of carbonyl (C=O) groups excluding carboxylic acids is 1. The smallest absolute Gasteiger partial charge is 0.310 e. The van der Waals surface area contributed by atoms with Crippen molar-refractivity contribution in [1.29, 1.82) is 0 Å². The highest BCUT2D eigenvalue weighted by atomic mass is 32.2. The predicted molar refractivity (Wildman–Crippen MR) is 121 cm³/mol. The molecule has 3 heterocycles. The number of amides is 1. The first kappa shape index (κ1) is 23.1. The summed E-state index contributed by atoms with van der Waals surface area (Å²) in [5.41, 5.74) is 0.305. The van der Waals surface area contributed by atoms with Crippen molar-refractivity contribution < 1.29 is 22.9 Å². The van der Waals surface area contributed by atoms with Gasteiger partial charge in [0.25, 0.3) is 5.91 Å². The van der Waals surface area contributed by atoms with E-state index in [0.29, 0.717) is 45.1 Å². The highest BCUT2D eigenvalue weighted by Crippen LogP contribution is 2.30. The van der Waals surface area contributed by atoms with E-state index < -0.39 is 20.9 Å². The number of hydrogen-bond donors (Lipinski definition) is 1. The van der Waals surface area contributed by atoms with E-state index in [2.05, 4.69) is 10.3 Å². The van der Waals surface area contributed by atoms with Crippen LogP contribution in [-0.2, 0) is 14.8 Å². The molecule has 0 spiro atoms. The van der Waals surface area contributed by atoms with Crippen LogP contribution in [0.1, 0.15) is 29.6 Å². The average molecular weight is 476 g/mol. The molecule has 2 fully saturated rings. The normalized spacial score (nSPS) is 17.5. The average Bonchev–Trinajstić information content (AvgIpc) is 2.85. The Bertz CT molecular complexity index is 1140. The van der Waals surface area contributed by atoms with Gasteiger partial charge in [-0.3, -0.25) is 19.9 Å². The van der Waals surface area contributed by atoms with Crippen LogP contribution in [0.2, 0.25) is 0 Å². The van der Waals surface area contributed by atoms with Gasteiger partial charge >= 0.3 is 5.69 Å². The van der Waals surface area contributed by atoms with Gasteiger partial charge in [0.1, 0.15) is 11.9 Å². The van der Waals surface area contributed by atoms with E-state index in [1.54, 1.807) is 6.07 Å². The van der Waals surface area contributed by atoms with E-state index in [1.165, 1.54) is 28.7 Å². The molecule has 0 bridgehead atoms. The fraction of sp³-hybridized carbons (Fsp3) is 0.429. The van der Waals surface area contributed by atoms with Gasteiger partial charge < -0.3 is 15.0 Å². The van der Waals surface area contributed by atoms with Crippen molar-refractivity contribution in [2.45, 2.75) is 24.2 Å². The third-order valence-corrected chi connectivity index (χ3v) is 7.66. The number of aromatic nitrogens is 1. The van der Waals surface area contributed by atoms with Gasteiger partial charge in [0.2, 0.25) is 10.0 Å². The molecule has 2 aliphatic rings. The largest absolute Gasteiger partial charge is 0.378 e. The van der Waals surface area contributed by atoms with Crippen LogP contribution in [0.3, 0.4) is 0 Å². The quantitative estimate of drug-likeness (QED) is 0.496. The van der Waals surface area contributed by atoms with Gasteiger partial charge in [-0.25, -0.2) is 8.42 Å². The molecule has 176 valence electrons. The number of benzene rings is 1. The van der Waals surface area contributed by atoms with Crippen LogP contribution in [-0.4, -0.2) is 67.9 Å². The lowest BCUT2D eigenvalue weighted by Crippen LogP contribution is -2.38. The van der Waals surface area contributed by atoms with Gasteiger partial charge in [-0.05, 0) is 37.1 Å². The molecule has 2 saturated heterocycles. The van der Waals surface area contributed by atoms with E-state index in [9.17, 15) is 23.3 Å². The van der Waals surface area contributed by atoms with Crippen LogP contribution in [0, 0.1) is 10.1 Å². The Morgan fingerprint density at radius 3 is 2.52 bits per heavy atom. The molecule has 0 atom stereocenters. The van der Waals surface area contributed by atoms with E-state index in [4.69, 9.17) is 4.74 Å². The van der Waals surface area contributed by atoms with Crippen molar-refractivity contribution in [1.82, 2.24) is 9.29 Å². The molecule has 2 aromatic rings. The fourth-order valence-corrected chi connectivity index (χ4v) is 5.56. The molecular formula is C21H25N5O6S. The monoisotopic (exact) mass is 475 g/mol. The number of nitrogens with zero attached hydrogens (tertiary/aromatic N) is 4. The number of piperidine rings is 1. The third-order valence-electron chi connectivity index (χ3n) is 5.76. The van der Waals surface area contributed by atoms with Crippen LogP contribution < -0.4 is 10.2 Å². The van der Waals surface area contributed by atoms with E-state index in [-0.39, 0.29) is 21.8 Å². The Morgan fingerprint density at radius 1 is 1.09 bits per heavy atom. The van der Waals surface area contributed by atoms with Gasteiger partial charge in [0, 0.05) is 38.1 Å². The number of nitro groups is 1. The molecule has 1 aromatic carbocycles. The predicted octanol–water partition coefficient (Wildman–Crippen LogP) is 2.25. The zero-order valence-corrected chi connectivity index (χ0v) is 18.8. The summed E-state index contributed by atoms with van der Waals surface area (Å²) in [4.78, 5) is 29.7. The van der Waals surface area contributed by atoms with E-state index in [1.807, 2.05) is 4.90 Å². The number of sulfonamides is 1. The van der Waals surface area contributed by atoms with Crippen molar-refractivity contribution in [2.75, 3.05) is 49.6 Å². The molecule has 0 radical (unpaired) electrons. The highest BCUT2D eigenvalue weighted by molar-refractivity contribution is 7.89. The number of ether oxygens (including phenoxy) is 1. The number of nitrogens with one attached hydrogen (secondary N) is 1. The molecule has 0 unspecified atom stereocenters. The first-order valence-electron chi connectivity index (χ1n) is 10.7. The molecule has 11 nitrogen and oxygen atoms in total. The van der Waals surface area contributed by atoms with Gasteiger partial charge in [-0.1, -0.05) is 6.42 Å². The van der Waals surface area contributed by atoms with Crippen LogP contribution in [0.15, 0.2) is 41.6 Å². The summed E-state index contributed by atoms with van der Waals surface area (Å²) in [6, 6.07) is 5.83. The summed E-state index contributed by atoms with van der Waals surface area (Å²) < 4.78 is 33.3. The summed E-state index contributed by atoms with van der Waals surface area (Å²) >= 11 is 0. The molecule has 2 aliphatic heterocycles. The lowest BCUT2D eigenvalue weighted by Gasteiger charge is -2.31. The minimum atomic E-state index is -3.77. The SMILES string of the molecule is O=C(Nc1ccncc1[N+](=O)[O-])c1cc(S(=O)(=O)N2CCCCC2)ccc1N1CCOCC1. The lowest BCUT2D eigenvalue weighted by atomic mass is 10.1. The zero-order valence-electron chi connectivity index (χ0n) is 18.0. The molecule has 12 heteroatoms. The summed E-state index contributed by atoms with van der Waals surface area (Å²) in [6.07, 6.45) is 4.97. The molecule has 1 amide bonds. The van der Waals surface area contributed by atoms with Crippen molar-refractivity contribution in [2.24, 2.45) is 0 Å². The number of pyridine rings is 1. The van der Waals surface area contributed by atoms with Crippen molar-refractivity contribution in [3.05, 3.63) is 52.3 Å². The Kier molecular flexibility index (Phi) is 6.86. The molecule has 0 saturated carbocycles. The Balaban J connectivity index is 1.72. The van der Waals surface area contributed by atoms with Gasteiger partial charge in [-0.2, -0.15) is 4.31 Å². The van der Waals surface area contributed by atoms with Gasteiger partial charge in [0.15, 0.2) is 0 Å². The van der Waals surface area contributed by atoms with Gasteiger partial charge in [-0.15, -0.1) is 0 Å². The molecule has 1 aromatic heterocycles. The number of rotatable bonds is 6. The number of carbonyl (C=O) groups is 1. The summed E-state index contributed by atoms with van der Waals surface area (Å²) in [7, 11) is -3.77. The maximum Gasteiger partial charge on any atom is 0.310 e. The highest BCUT2D eigenvalue weighted by Gasteiger charge is 2.29. The van der Waals surface area contributed by atoms with Crippen LogP contribution in [0.5, 0.6) is 0 Å². The molecule has 4 rings (SSSR count). The molecule has 0 aliphatic carbocycles. The fourth-order valence-electron chi connectivity index (χ4n) is 4.02. The van der Waals surface area contributed by atoms with Crippen molar-refractivity contribution in [3.63, 3.8) is 0 Å². The Morgan fingerprint density at radius 2 is 1.82 bits per heavy atom. The Hall–Kier alpha value is -3.09. The summed E-state index contributed by atoms with van der Waals surface area (Å²) in [5, 5.41) is 13.9. The topological polar surface area (TPSA) is 135 Å². The summed E-state index contributed by atoms with van der Waals surface area (Å²) in [6.45, 7) is 2.91. The number of hydrogen-bond acceptors (Lipinski definition) is 8.